The Kier molecular flexibility index (Phi) is 4.02. The van der Waals surface area contributed by atoms with Gasteiger partial charge in [-0.2, -0.15) is 0 Å². The van der Waals surface area contributed by atoms with E-state index in [1.165, 1.54) is 12.1 Å². The molecule has 1 nitrogen and oxygen atoms in total. The number of fused-ring (bicyclic) bond motifs is 1. The molecule has 0 spiro atoms. The van der Waals surface area contributed by atoms with E-state index in [0.29, 0.717) is 5.39 Å². The zero-order valence-electron chi connectivity index (χ0n) is 14.7. The van der Waals surface area contributed by atoms with Crippen molar-refractivity contribution in [2.75, 3.05) is 0 Å². The minimum absolute atomic E-state index is 0.0805. The van der Waals surface area contributed by atoms with Gasteiger partial charge in [0.05, 0.1) is 5.56 Å². The SMILES string of the molecule is Cc1ccc(-c2cc3cc(-c4c(F)c(F)cc(F)c4F)ccc3n2C)cc1. The molecule has 0 unspecified atom stereocenters. The van der Waals surface area contributed by atoms with Crippen molar-refractivity contribution in [3.8, 4) is 22.4 Å². The normalized spacial score (nSPS) is 11.3. The molecule has 0 radical (unpaired) electrons. The number of benzene rings is 3. The molecule has 0 aliphatic rings. The summed E-state index contributed by atoms with van der Waals surface area (Å²) in [5, 5.41) is 0.717. The van der Waals surface area contributed by atoms with E-state index in [0.717, 1.165) is 22.3 Å². The van der Waals surface area contributed by atoms with E-state index in [9.17, 15) is 17.6 Å². The van der Waals surface area contributed by atoms with Gasteiger partial charge in [0.1, 0.15) is 0 Å². The lowest BCUT2D eigenvalue weighted by molar-refractivity contribution is 0.458. The highest BCUT2D eigenvalue weighted by Gasteiger charge is 2.21. The summed E-state index contributed by atoms with van der Waals surface area (Å²) in [5.41, 5.74) is 3.28. The van der Waals surface area contributed by atoms with Gasteiger partial charge in [-0.3, -0.25) is 0 Å². The second-order valence-electron chi connectivity index (χ2n) is 6.57. The van der Waals surface area contributed by atoms with Gasteiger partial charge in [-0.05, 0) is 36.2 Å². The molecule has 5 heteroatoms. The number of rotatable bonds is 2. The van der Waals surface area contributed by atoms with Crippen LogP contribution in [-0.2, 0) is 7.05 Å². The lowest BCUT2D eigenvalue weighted by Gasteiger charge is -2.08. The Morgan fingerprint density at radius 3 is 1.93 bits per heavy atom. The second kappa shape index (κ2) is 6.27. The molecule has 0 amide bonds. The van der Waals surface area contributed by atoms with Gasteiger partial charge in [0, 0.05) is 29.7 Å². The van der Waals surface area contributed by atoms with Gasteiger partial charge in [-0.1, -0.05) is 35.9 Å². The Labute approximate surface area is 153 Å². The molecule has 136 valence electrons. The summed E-state index contributed by atoms with van der Waals surface area (Å²) in [7, 11) is 1.89. The first kappa shape index (κ1) is 17.3. The van der Waals surface area contributed by atoms with Crippen molar-refractivity contribution in [2.45, 2.75) is 6.92 Å². The van der Waals surface area contributed by atoms with Crippen LogP contribution in [0.2, 0.25) is 0 Å². The van der Waals surface area contributed by atoms with E-state index in [4.69, 9.17) is 0 Å². The van der Waals surface area contributed by atoms with Gasteiger partial charge >= 0.3 is 0 Å². The van der Waals surface area contributed by atoms with E-state index < -0.39 is 28.8 Å². The van der Waals surface area contributed by atoms with Gasteiger partial charge in [0.25, 0.3) is 0 Å². The third kappa shape index (κ3) is 2.79. The Hall–Kier alpha value is -3.08. The highest BCUT2D eigenvalue weighted by atomic mass is 19.2. The Morgan fingerprint density at radius 2 is 1.30 bits per heavy atom. The maximum Gasteiger partial charge on any atom is 0.169 e. The summed E-state index contributed by atoms with van der Waals surface area (Å²) in [6, 6.07) is 14.8. The van der Waals surface area contributed by atoms with E-state index in [2.05, 4.69) is 0 Å². The number of halogens is 4. The van der Waals surface area contributed by atoms with Gasteiger partial charge in [-0.25, -0.2) is 17.6 Å². The van der Waals surface area contributed by atoms with Gasteiger partial charge < -0.3 is 4.57 Å². The monoisotopic (exact) mass is 369 g/mol. The van der Waals surface area contributed by atoms with Crippen LogP contribution >= 0.6 is 0 Å². The van der Waals surface area contributed by atoms with Gasteiger partial charge in [0.15, 0.2) is 23.3 Å². The van der Waals surface area contributed by atoms with Crippen LogP contribution in [0.1, 0.15) is 5.56 Å². The average molecular weight is 369 g/mol. The predicted molar refractivity (Wildman–Crippen MR) is 98.4 cm³/mol. The molecule has 27 heavy (non-hydrogen) atoms. The lowest BCUT2D eigenvalue weighted by atomic mass is 10.0. The maximum atomic E-state index is 14.1. The molecule has 3 aromatic carbocycles. The van der Waals surface area contributed by atoms with Crippen LogP contribution in [0.5, 0.6) is 0 Å². The average Bonchev–Trinajstić information content (AvgIpc) is 2.97. The maximum absolute atomic E-state index is 14.1. The summed E-state index contributed by atoms with van der Waals surface area (Å²) in [6.07, 6.45) is 0. The molecule has 0 saturated carbocycles. The minimum Gasteiger partial charge on any atom is -0.344 e. The Morgan fingerprint density at radius 1 is 0.704 bits per heavy atom. The van der Waals surface area contributed by atoms with Crippen molar-refractivity contribution in [3.05, 3.63) is 83.4 Å². The molecule has 0 saturated heterocycles. The summed E-state index contributed by atoms with van der Waals surface area (Å²) in [6.45, 7) is 2.00. The molecule has 1 aromatic heterocycles. The molecule has 4 rings (SSSR count). The number of hydrogen-bond donors (Lipinski definition) is 0. The topological polar surface area (TPSA) is 4.93 Å². The fraction of sp³-hybridized carbons (Fsp3) is 0.0909. The zero-order valence-corrected chi connectivity index (χ0v) is 14.7. The summed E-state index contributed by atoms with van der Waals surface area (Å²) >= 11 is 0. The molecule has 0 N–H and O–H groups in total. The van der Waals surface area contributed by atoms with Crippen LogP contribution in [0.4, 0.5) is 17.6 Å². The van der Waals surface area contributed by atoms with Gasteiger partial charge in [-0.15, -0.1) is 0 Å². The third-order valence-electron chi connectivity index (χ3n) is 4.79. The first-order valence-electron chi connectivity index (χ1n) is 8.36. The van der Waals surface area contributed by atoms with Crippen LogP contribution in [0.3, 0.4) is 0 Å². The fourth-order valence-corrected chi connectivity index (χ4v) is 3.33. The third-order valence-corrected chi connectivity index (χ3v) is 4.79. The predicted octanol–water partition coefficient (Wildman–Crippen LogP) is 6.38. The van der Waals surface area contributed by atoms with E-state index in [1.807, 2.05) is 48.9 Å². The smallest absolute Gasteiger partial charge is 0.169 e. The molecular formula is C22H15F4N. The van der Waals surface area contributed by atoms with E-state index in [1.54, 1.807) is 6.07 Å². The summed E-state index contributed by atoms with van der Waals surface area (Å²) < 4.78 is 57.3. The van der Waals surface area contributed by atoms with Crippen LogP contribution in [-0.4, -0.2) is 4.57 Å². The van der Waals surface area contributed by atoms with Crippen LogP contribution in [0.25, 0.3) is 33.3 Å². The highest BCUT2D eigenvalue weighted by Crippen LogP contribution is 2.34. The van der Waals surface area contributed by atoms with Crippen molar-refractivity contribution in [3.63, 3.8) is 0 Å². The molecule has 0 aliphatic carbocycles. The fourth-order valence-electron chi connectivity index (χ4n) is 3.33. The van der Waals surface area contributed by atoms with E-state index in [-0.39, 0.29) is 11.6 Å². The molecule has 0 bridgehead atoms. The summed E-state index contributed by atoms with van der Waals surface area (Å²) in [5.74, 6) is -5.64. The van der Waals surface area contributed by atoms with Crippen LogP contribution < -0.4 is 0 Å². The van der Waals surface area contributed by atoms with E-state index >= 15 is 0 Å². The Balaban J connectivity index is 1.91. The van der Waals surface area contributed by atoms with Crippen molar-refractivity contribution in [2.24, 2.45) is 7.05 Å². The van der Waals surface area contributed by atoms with Crippen molar-refractivity contribution in [1.29, 1.82) is 0 Å². The number of nitrogens with zero attached hydrogens (tertiary/aromatic N) is 1. The second-order valence-corrected chi connectivity index (χ2v) is 6.57. The molecule has 1 heterocycles. The minimum atomic E-state index is -1.42. The van der Waals surface area contributed by atoms with Crippen LogP contribution in [0, 0.1) is 30.2 Å². The first-order chi connectivity index (χ1) is 12.9. The standard InChI is InChI=1S/C22H15F4N/c1-12-3-5-13(6-4-12)19-10-15-9-14(7-8-18(15)27(19)2)20-21(25)16(23)11-17(24)22(20)26/h3-11H,1-2H3. The quantitative estimate of drug-likeness (QED) is 0.285. The summed E-state index contributed by atoms with van der Waals surface area (Å²) in [4.78, 5) is 0. The van der Waals surface area contributed by atoms with Crippen molar-refractivity contribution >= 4 is 10.9 Å². The zero-order chi connectivity index (χ0) is 19.3. The largest absolute Gasteiger partial charge is 0.344 e. The molecule has 0 aliphatic heterocycles. The van der Waals surface area contributed by atoms with Crippen molar-refractivity contribution < 1.29 is 17.6 Å². The van der Waals surface area contributed by atoms with Gasteiger partial charge in [0.2, 0.25) is 0 Å². The lowest BCUT2D eigenvalue weighted by Crippen LogP contribution is -1.98. The molecule has 0 fully saturated rings. The van der Waals surface area contributed by atoms with Crippen molar-refractivity contribution in [1.82, 2.24) is 4.57 Å². The molecule has 0 atom stereocenters. The number of hydrogen-bond acceptors (Lipinski definition) is 0. The molecular weight excluding hydrogens is 354 g/mol. The molecule has 4 aromatic rings. The highest BCUT2D eigenvalue weighted by molar-refractivity contribution is 5.90. The Bertz CT molecular complexity index is 1150. The number of aryl methyl sites for hydroxylation is 2. The number of aromatic nitrogens is 1. The first-order valence-corrected chi connectivity index (χ1v) is 8.36. The van der Waals surface area contributed by atoms with Crippen LogP contribution in [0.15, 0.2) is 54.6 Å².